The molecule has 0 aliphatic rings. The summed E-state index contributed by atoms with van der Waals surface area (Å²) in [7, 11) is 0. The minimum atomic E-state index is -0.512. The second kappa shape index (κ2) is 5.22. The fraction of sp³-hybridized carbons (Fsp3) is 0.400. The Balaban J connectivity index is 2.56. The van der Waals surface area contributed by atoms with Crippen LogP contribution < -0.4 is 0 Å². The van der Waals surface area contributed by atoms with E-state index in [1.54, 1.807) is 11.8 Å². The highest BCUT2D eigenvalue weighted by atomic mass is 32.2. The molecule has 0 aliphatic heterocycles. The third kappa shape index (κ3) is 3.35. The van der Waals surface area contributed by atoms with Gasteiger partial charge in [-0.05, 0) is 23.8 Å². The van der Waals surface area contributed by atoms with Crippen molar-refractivity contribution in [2.45, 2.75) is 19.1 Å². The lowest BCUT2D eigenvalue weighted by Gasteiger charge is -2.01. The third-order valence-corrected chi connectivity index (χ3v) is 2.83. The van der Waals surface area contributed by atoms with E-state index in [0.29, 0.717) is 11.3 Å². The zero-order valence-electron chi connectivity index (χ0n) is 7.52. The van der Waals surface area contributed by atoms with Crippen LogP contribution in [-0.4, -0.2) is 5.75 Å². The summed E-state index contributed by atoms with van der Waals surface area (Å²) in [4.78, 5) is 0. The standard InChI is InChI=1S/C10H12F2S/c1-2-5-13-7-8-3-4-9(11)6-10(8)12/h3-4,6H,2,5,7H2,1H3. The van der Waals surface area contributed by atoms with E-state index in [2.05, 4.69) is 6.92 Å². The maximum Gasteiger partial charge on any atom is 0.130 e. The van der Waals surface area contributed by atoms with E-state index in [0.717, 1.165) is 18.2 Å². The van der Waals surface area contributed by atoms with Crippen molar-refractivity contribution >= 4 is 11.8 Å². The SMILES string of the molecule is CCCSCc1ccc(F)cc1F. The van der Waals surface area contributed by atoms with E-state index in [1.807, 2.05) is 0 Å². The van der Waals surface area contributed by atoms with Crippen molar-refractivity contribution in [2.75, 3.05) is 5.75 Å². The van der Waals surface area contributed by atoms with Crippen LogP contribution >= 0.6 is 11.8 Å². The Labute approximate surface area is 81.3 Å². The molecule has 0 N–H and O–H groups in total. The predicted octanol–water partition coefficient (Wildman–Crippen LogP) is 3.61. The maximum atomic E-state index is 13.0. The molecule has 0 heterocycles. The second-order valence-electron chi connectivity index (χ2n) is 2.79. The molecule has 0 spiro atoms. The first-order valence-electron chi connectivity index (χ1n) is 4.25. The molecule has 13 heavy (non-hydrogen) atoms. The number of benzene rings is 1. The summed E-state index contributed by atoms with van der Waals surface area (Å²) in [6, 6.07) is 3.74. The van der Waals surface area contributed by atoms with Gasteiger partial charge in [-0.3, -0.25) is 0 Å². The van der Waals surface area contributed by atoms with Gasteiger partial charge in [-0.2, -0.15) is 11.8 Å². The van der Waals surface area contributed by atoms with E-state index in [4.69, 9.17) is 0 Å². The van der Waals surface area contributed by atoms with Gasteiger partial charge in [0.1, 0.15) is 11.6 Å². The first-order valence-corrected chi connectivity index (χ1v) is 5.41. The van der Waals surface area contributed by atoms with E-state index in [9.17, 15) is 8.78 Å². The van der Waals surface area contributed by atoms with Crippen LogP contribution in [0.3, 0.4) is 0 Å². The van der Waals surface area contributed by atoms with E-state index in [-0.39, 0.29) is 0 Å². The van der Waals surface area contributed by atoms with Crippen LogP contribution in [0.2, 0.25) is 0 Å². The van der Waals surface area contributed by atoms with Gasteiger partial charge in [0.05, 0.1) is 0 Å². The number of hydrogen-bond acceptors (Lipinski definition) is 1. The molecular formula is C10H12F2S. The molecule has 1 aromatic rings. The van der Waals surface area contributed by atoms with Crippen LogP contribution in [0.25, 0.3) is 0 Å². The zero-order chi connectivity index (χ0) is 9.68. The van der Waals surface area contributed by atoms with Crippen molar-refractivity contribution in [1.82, 2.24) is 0 Å². The smallest absolute Gasteiger partial charge is 0.130 e. The van der Waals surface area contributed by atoms with Gasteiger partial charge in [-0.1, -0.05) is 13.0 Å². The first kappa shape index (κ1) is 10.5. The van der Waals surface area contributed by atoms with Crippen molar-refractivity contribution in [1.29, 1.82) is 0 Å². The second-order valence-corrected chi connectivity index (χ2v) is 3.89. The predicted molar refractivity (Wildman–Crippen MR) is 52.8 cm³/mol. The van der Waals surface area contributed by atoms with Gasteiger partial charge >= 0.3 is 0 Å². The molecule has 72 valence electrons. The number of halogens is 2. The van der Waals surface area contributed by atoms with Crippen molar-refractivity contribution in [2.24, 2.45) is 0 Å². The molecular weight excluding hydrogens is 190 g/mol. The molecule has 0 bridgehead atoms. The lowest BCUT2D eigenvalue weighted by molar-refractivity contribution is 0.576. The largest absolute Gasteiger partial charge is 0.207 e. The normalized spacial score (nSPS) is 10.4. The maximum absolute atomic E-state index is 13.0. The fourth-order valence-corrected chi connectivity index (χ4v) is 1.85. The Bertz CT molecular complexity index is 274. The van der Waals surface area contributed by atoms with Gasteiger partial charge < -0.3 is 0 Å². The van der Waals surface area contributed by atoms with Crippen LogP contribution in [0.5, 0.6) is 0 Å². The zero-order valence-corrected chi connectivity index (χ0v) is 8.33. The highest BCUT2D eigenvalue weighted by Crippen LogP contribution is 2.16. The summed E-state index contributed by atoms with van der Waals surface area (Å²) in [5, 5.41) is 0. The number of rotatable bonds is 4. The summed E-state index contributed by atoms with van der Waals surface area (Å²) < 4.78 is 25.5. The Morgan fingerprint density at radius 1 is 1.31 bits per heavy atom. The van der Waals surface area contributed by atoms with Crippen molar-refractivity contribution in [3.8, 4) is 0 Å². The molecule has 0 atom stereocenters. The Morgan fingerprint density at radius 3 is 2.69 bits per heavy atom. The molecule has 0 nitrogen and oxygen atoms in total. The first-order chi connectivity index (χ1) is 6.24. The minimum absolute atomic E-state index is 0.441. The number of hydrogen-bond donors (Lipinski definition) is 0. The molecule has 0 amide bonds. The summed E-state index contributed by atoms with van der Waals surface area (Å²) >= 11 is 1.66. The van der Waals surface area contributed by atoms with Crippen LogP contribution in [0.1, 0.15) is 18.9 Å². The van der Waals surface area contributed by atoms with Crippen LogP contribution in [0, 0.1) is 11.6 Å². The Kier molecular flexibility index (Phi) is 4.22. The summed E-state index contributed by atoms with van der Waals surface area (Å²) in [5.74, 6) is 0.682. The number of thioether (sulfide) groups is 1. The highest BCUT2D eigenvalue weighted by Gasteiger charge is 2.02. The molecule has 0 aliphatic carbocycles. The van der Waals surface area contributed by atoms with Crippen molar-refractivity contribution < 1.29 is 8.78 Å². The molecule has 3 heteroatoms. The van der Waals surface area contributed by atoms with Crippen LogP contribution in [-0.2, 0) is 5.75 Å². The molecule has 0 aromatic heterocycles. The van der Waals surface area contributed by atoms with E-state index in [1.165, 1.54) is 12.1 Å². The fourth-order valence-electron chi connectivity index (χ4n) is 0.965. The Morgan fingerprint density at radius 2 is 2.08 bits per heavy atom. The third-order valence-electron chi connectivity index (χ3n) is 1.62. The monoisotopic (exact) mass is 202 g/mol. The molecule has 0 saturated carbocycles. The van der Waals surface area contributed by atoms with Crippen LogP contribution in [0.15, 0.2) is 18.2 Å². The molecule has 0 unspecified atom stereocenters. The summed E-state index contributed by atoms with van der Waals surface area (Å²) in [6.07, 6.45) is 1.08. The lowest BCUT2D eigenvalue weighted by atomic mass is 10.2. The Hall–Kier alpha value is -0.570. The van der Waals surface area contributed by atoms with E-state index < -0.39 is 11.6 Å². The molecule has 0 saturated heterocycles. The highest BCUT2D eigenvalue weighted by molar-refractivity contribution is 7.98. The average Bonchev–Trinajstić information content (AvgIpc) is 2.09. The van der Waals surface area contributed by atoms with Gasteiger partial charge in [-0.25, -0.2) is 8.78 Å². The van der Waals surface area contributed by atoms with Gasteiger partial charge in [0.2, 0.25) is 0 Å². The lowest BCUT2D eigenvalue weighted by Crippen LogP contribution is -1.89. The van der Waals surface area contributed by atoms with Gasteiger partial charge in [0, 0.05) is 11.8 Å². The molecule has 0 fully saturated rings. The van der Waals surface area contributed by atoms with E-state index >= 15 is 0 Å². The van der Waals surface area contributed by atoms with Gasteiger partial charge in [0.25, 0.3) is 0 Å². The van der Waals surface area contributed by atoms with Gasteiger partial charge in [0.15, 0.2) is 0 Å². The minimum Gasteiger partial charge on any atom is -0.207 e. The summed E-state index contributed by atoms with van der Waals surface area (Å²) in [6.45, 7) is 2.08. The van der Waals surface area contributed by atoms with Crippen molar-refractivity contribution in [3.05, 3.63) is 35.4 Å². The molecule has 0 radical (unpaired) electrons. The van der Waals surface area contributed by atoms with Crippen molar-refractivity contribution in [3.63, 3.8) is 0 Å². The molecule has 1 aromatic carbocycles. The quantitative estimate of drug-likeness (QED) is 0.672. The van der Waals surface area contributed by atoms with Gasteiger partial charge in [-0.15, -0.1) is 0 Å². The molecule has 1 rings (SSSR count). The van der Waals surface area contributed by atoms with Crippen LogP contribution in [0.4, 0.5) is 8.78 Å². The topological polar surface area (TPSA) is 0 Å². The summed E-state index contributed by atoms with van der Waals surface area (Å²) in [5.41, 5.74) is 0.583. The average molecular weight is 202 g/mol.